The molecule has 2 aromatic heterocycles. The molecule has 1 unspecified atom stereocenters. The molecule has 0 amide bonds. The van der Waals surface area contributed by atoms with Gasteiger partial charge in [0.2, 0.25) is 10.0 Å². The van der Waals surface area contributed by atoms with Crippen molar-refractivity contribution in [2.24, 2.45) is 0 Å². The van der Waals surface area contributed by atoms with E-state index >= 15 is 0 Å². The lowest BCUT2D eigenvalue weighted by atomic mass is 10.1. The van der Waals surface area contributed by atoms with Crippen LogP contribution >= 0.6 is 0 Å². The smallest absolute Gasteiger partial charge is 0.246 e. The fourth-order valence-corrected chi connectivity index (χ4v) is 5.55. The van der Waals surface area contributed by atoms with Crippen molar-refractivity contribution in [2.75, 3.05) is 27.3 Å². The van der Waals surface area contributed by atoms with Crippen LogP contribution in [0.1, 0.15) is 25.1 Å². The highest BCUT2D eigenvalue weighted by molar-refractivity contribution is 7.89. The molecule has 1 fully saturated rings. The molecule has 1 saturated heterocycles. The van der Waals surface area contributed by atoms with Crippen LogP contribution in [-0.2, 0) is 16.6 Å². The number of rotatable bonds is 6. The van der Waals surface area contributed by atoms with Crippen molar-refractivity contribution in [3.8, 4) is 11.5 Å². The molecule has 8 nitrogen and oxygen atoms in total. The molecular weight excluding hydrogens is 392 g/mol. The highest BCUT2D eigenvalue weighted by Gasteiger charge is 2.37. The standard InChI is InChI=1S/C20H24N4O4S/c1-4-24-19(22-16-6-5-10-21-20(16)24)14-9-11-23(13-14)29(25,26)18-12-15(27-2)7-8-17(18)28-3/h5-8,10,12,14H,4,9,11,13H2,1-3H3. The molecule has 154 valence electrons. The van der Waals surface area contributed by atoms with Gasteiger partial charge in [-0.3, -0.25) is 0 Å². The minimum atomic E-state index is -3.73. The number of ether oxygens (including phenoxy) is 2. The van der Waals surface area contributed by atoms with Gasteiger partial charge < -0.3 is 14.0 Å². The normalized spacial score (nSPS) is 17.7. The summed E-state index contributed by atoms with van der Waals surface area (Å²) < 4.78 is 40.7. The summed E-state index contributed by atoms with van der Waals surface area (Å²) in [5.41, 5.74) is 1.67. The van der Waals surface area contributed by atoms with Crippen LogP contribution in [0.15, 0.2) is 41.4 Å². The van der Waals surface area contributed by atoms with Gasteiger partial charge in [-0.15, -0.1) is 0 Å². The lowest BCUT2D eigenvalue weighted by Crippen LogP contribution is -2.29. The van der Waals surface area contributed by atoms with Gasteiger partial charge in [0.15, 0.2) is 5.65 Å². The number of nitrogens with zero attached hydrogens (tertiary/aromatic N) is 4. The summed E-state index contributed by atoms with van der Waals surface area (Å²) in [7, 11) is -0.759. The number of hydrogen-bond donors (Lipinski definition) is 0. The average molecular weight is 417 g/mol. The SMILES string of the molecule is CCn1c(C2CCN(S(=O)(=O)c3cc(OC)ccc3OC)C2)nc2cccnc21. The van der Waals surface area contributed by atoms with Gasteiger partial charge in [-0.1, -0.05) is 0 Å². The van der Waals surface area contributed by atoms with Gasteiger partial charge in [0.1, 0.15) is 27.7 Å². The van der Waals surface area contributed by atoms with Crippen LogP contribution in [-0.4, -0.2) is 54.6 Å². The maximum atomic E-state index is 13.3. The number of aryl methyl sites for hydroxylation is 1. The third-order valence-corrected chi connectivity index (χ3v) is 7.24. The van der Waals surface area contributed by atoms with Gasteiger partial charge in [0.05, 0.1) is 14.2 Å². The quantitative estimate of drug-likeness (QED) is 0.614. The van der Waals surface area contributed by atoms with E-state index < -0.39 is 10.0 Å². The Kier molecular flexibility index (Phi) is 5.18. The molecule has 1 aliphatic heterocycles. The molecule has 29 heavy (non-hydrogen) atoms. The van der Waals surface area contributed by atoms with Crippen LogP contribution in [0.2, 0.25) is 0 Å². The summed E-state index contributed by atoms with van der Waals surface area (Å²) >= 11 is 0. The van der Waals surface area contributed by atoms with Crippen molar-refractivity contribution in [3.05, 3.63) is 42.4 Å². The zero-order valence-electron chi connectivity index (χ0n) is 16.7. The molecule has 4 rings (SSSR count). The first-order valence-electron chi connectivity index (χ1n) is 9.53. The van der Waals surface area contributed by atoms with Crippen molar-refractivity contribution in [1.29, 1.82) is 0 Å². The molecule has 9 heteroatoms. The Bertz CT molecular complexity index is 1140. The van der Waals surface area contributed by atoms with Gasteiger partial charge in [0, 0.05) is 37.8 Å². The summed E-state index contributed by atoms with van der Waals surface area (Å²) in [6.45, 7) is 3.57. The minimum absolute atomic E-state index is 0.00975. The first kappa shape index (κ1) is 19.7. The molecule has 0 radical (unpaired) electrons. The van der Waals surface area contributed by atoms with Gasteiger partial charge in [-0.25, -0.2) is 18.4 Å². The minimum Gasteiger partial charge on any atom is -0.497 e. The predicted molar refractivity (Wildman–Crippen MR) is 109 cm³/mol. The van der Waals surface area contributed by atoms with Crippen molar-refractivity contribution < 1.29 is 17.9 Å². The highest BCUT2D eigenvalue weighted by Crippen LogP contribution is 2.36. The summed E-state index contributed by atoms with van der Waals surface area (Å²) in [4.78, 5) is 9.31. The Hall–Kier alpha value is -2.65. The van der Waals surface area contributed by atoms with E-state index in [9.17, 15) is 8.42 Å². The molecule has 0 aliphatic carbocycles. The molecule has 3 heterocycles. The molecule has 0 bridgehead atoms. The molecule has 0 saturated carbocycles. The van der Waals surface area contributed by atoms with Crippen LogP contribution in [0.3, 0.4) is 0 Å². The number of imidazole rings is 1. The Balaban J connectivity index is 1.67. The van der Waals surface area contributed by atoms with Crippen molar-refractivity contribution >= 4 is 21.2 Å². The lowest BCUT2D eigenvalue weighted by Gasteiger charge is -2.19. The second kappa shape index (κ2) is 7.64. The van der Waals surface area contributed by atoms with E-state index in [2.05, 4.69) is 9.55 Å². The van der Waals surface area contributed by atoms with E-state index in [-0.39, 0.29) is 10.8 Å². The zero-order chi connectivity index (χ0) is 20.6. The average Bonchev–Trinajstić information content (AvgIpc) is 3.38. The second-order valence-corrected chi connectivity index (χ2v) is 8.83. The molecule has 1 atom stereocenters. The summed E-state index contributed by atoms with van der Waals surface area (Å²) in [5.74, 6) is 1.67. The summed E-state index contributed by atoms with van der Waals surface area (Å²) in [6.07, 6.45) is 2.45. The van der Waals surface area contributed by atoms with Crippen LogP contribution in [0.25, 0.3) is 11.2 Å². The summed E-state index contributed by atoms with van der Waals surface area (Å²) in [5, 5.41) is 0. The topological polar surface area (TPSA) is 86.6 Å². The maximum Gasteiger partial charge on any atom is 0.246 e. The molecule has 0 spiro atoms. The van der Waals surface area contributed by atoms with E-state index in [4.69, 9.17) is 14.5 Å². The highest BCUT2D eigenvalue weighted by atomic mass is 32.2. The number of pyridine rings is 1. The second-order valence-electron chi connectivity index (χ2n) is 6.93. The third-order valence-electron chi connectivity index (χ3n) is 5.35. The van der Waals surface area contributed by atoms with Gasteiger partial charge in [-0.2, -0.15) is 4.31 Å². The number of fused-ring (bicyclic) bond motifs is 1. The lowest BCUT2D eigenvalue weighted by molar-refractivity contribution is 0.388. The Labute approximate surface area is 170 Å². The fraction of sp³-hybridized carbons (Fsp3) is 0.400. The Morgan fingerprint density at radius 3 is 2.76 bits per heavy atom. The van der Waals surface area contributed by atoms with E-state index in [1.807, 2.05) is 19.1 Å². The molecule has 1 aromatic carbocycles. The monoisotopic (exact) mass is 416 g/mol. The third kappa shape index (κ3) is 3.34. The van der Waals surface area contributed by atoms with Crippen molar-refractivity contribution in [2.45, 2.75) is 30.7 Å². The number of benzene rings is 1. The Morgan fingerprint density at radius 2 is 2.03 bits per heavy atom. The molecular formula is C20H24N4O4S. The molecule has 0 N–H and O–H groups in total. The maximum absolute atomic E-state index is 13.3. The molecule has 3 aromatic rings. The molecule has 1 aliphatic rings. The summed E-state index contributed by atoms with van der Waals surface area (Å²) in [6, 6.07) is 8.59. The van der Waals surface area contributed by atoms with Gasteiger partial charge in [-0.05, 0) is 37.6 Å². The van der Waals surface area contributed by atoms with E-state index in [0.717, 1.165) is 23.5 Å². The predicted octanol–water partition coefficient (Wildman–Crippen LogP) is 2.65. The van der Waals surface area contributed by atoms with Gasteiger partial charge in [0.25, 0.3) is 0 Å². The van der Waals surface area contributed by atoms with Crippen LogP contribution < -0.4 is 9.47 Å². The zero-order valence-corrected chi connectivity index (χ0v) is 17.5. The fourth-order valence-electron chi connectivity index (χ4n) is 3.88. The number of hydrogen-bond acceptors (Lipinski definition) is 6. The Morgan fingerprint density at radius 1 is 1.21 bits per heavy atom. The van der Waals surface area contributed by atoms with Crippen molar-refractivity contribution in [1.82, 2.24) is 18.8 Å². The van der Waals surface area contributed by atoms with E-state index in [1.165, 1.54) is 24.6 Å². The van der Waals surface area contributed by atoms with E-state index in [0.29, 0.717) is 31.0 Å². The number of methoxy groups -OCH3 is 2. The van der Waals surface area contributed by atoms with Crippen LogP contribution in [0.4, 0.5) is 0 Å². The van der Waals surface area contributed by atoms with Gasteiger partial charge >= 0.3 is 0 Å². The van der Waals surface area contributed by atoms with Crippen LogP contribution in [0, 0.1) is 0 Å². The largest absolute Gasteiger partial charge is 0.497 e. The first-order chi connectivity index (χ1) is 14.0. The van der Waals surface area contributed by atoms with E-state index in [1.54, 1.807) is 18.3 Å². The number of aromatic nitrogens is 3. The number of sulfonamides is 1. The van der Waals surface area contributed by atoms with Crippen molar-refractivity contribution in [3.63, 3.8) is 0 Å². The first-order valence-corrected chi connectivity index (χ1v) is 11.0. The van der Waals surface area contributed by atoms with Crippen LogP contribution in [0.5, 0.6) is 11.5 Å².